The molecule has 2 aromatic rings. The molecular formula is C21H22FN5O2S. The zero-order valence-electron chi connectivity index (χ0n) is 16.5. The first-order chi connectivity index (χ1) is 14.4. The lowest BCUT2D eigenvalue weighted by atomic mass is 10.1. The number of amides is 1. The highest BCUT2D eigenvalue weighted by molar-refractivity contribution is 7.99. The molecule has 0 bridgehead atoms. The summed E-state index contributed by atoms with van der Waals surface area (Å²) in [6, 6.07) is 11.1. The van der Waals surface area contributed by atoms with Crippen LogP contribution in [0.4, 0.5) is 21.5 Å². The lowest BCUT2D eigenvalue weighted by molar-refractivity contribution is -0.130. The highest BCUT2D eigenvalue weighted by Crippen LogP contribution is 2.27. The van der Waals surface area contributed by atoms with E-state index in [-0.39, 0.29) is 17.1 Å². The van der Waals surface area contributed by atoms with Crippen molar-refractivity contribution in [1.29, 1.82) is 0 Å². The topological polar surface area (TPSA) is 81.6 Å². The molecule has 1 heterocycles. The Hall–Kier alpha value is -2.96. The zero-order chi connectivity index (χ0) is 21.6. The van der Waals surface area contributed by atoms with E-state index in [4.69, 9.17) is 6.57 Å². The van der Waals surface area contributed by atoms with Gasteiger partial charge in [0, 0.05) is 29.4 Å². The Kier molecular flexibility index (Phi) is 7.03. The fourth-order valence-corrected chi connectivity index (χ4v) is 3.65. The van der Waals surface area contributed by atoms with E-state index >= 15 is 0 Å². The number of anilines is 1. The Morgan fingerprint density at radius 2 is 2.00 bits per heavy atom. The summed E-state index contributed by atoms with van der Waals surface area (Å²) in [4.78, 5) is 16.3. The molecule has 1 atom stereocenters. The molecule has 1 saturated heterocycles. The third-order valence-corrected chi connectivity index (χ3v) is 5.85. The minimum Gasteiger partial charge on any atom is -0.379 e. The van der Waals surface area contributed by atoms with Crippen LogP contribution in [0.5, 0.6) is 0 Å². The maximum atomic E-state index is 13.7. The van der Waals surface area contributed by atoms with Crippen molar-refractivity contribution in [2.24, 2.45) is 10.3 Å². The SMILES string of the molecule is [C-]#[N+]c1ccc(NC(=O)[C@@](C)(O)CSc2ccc(N=NN3CCCC3)cc2)cc1F. The van der Waals surface area contributed by atoms with E-state index in [0.29, 0.717) is 0 Å². The third-order valence-electron chi connectivity index (χ3n) is 4.54. The van der Waals surface area contributed by atoms with E-state index in [1.165, 1.54) is 30.8 Å². The number of hydrogen-bond donors (Lipinski definition) is 2. The smallest absolute Gasteiger partial charge is 0.256 e. The lowest BCUT2D eigenvalue weighted by Gasteiger charge is -2.22. The number of benzene rings is 2. The molecule has 1 fully saturated rings. The van der Waals surface area contributed by atoms with E-state index in [1.807, 2.05) is 29.3 Å². The van der Waals surface area contributed by atoms with E-state index in [2.05, 4.69) is 20.5 Å². The molecule has 0 aromatic heterocycles. The molecule has 2 N–H and O–H groups in total. The van der Waals surface area contributed by atoms with Gasteiger partial charge in [-0.25, -0.2) is 9.24 Å². The number of carbonyl (C=O) groups is 1. The summed E-state index contributed by atoms with van der Waals surface area (Å²) >= 11 is 1.32. The Bertz CT molecular complexity index is 966. The largest absolute Gasteiger partial charge is 0.379 e. The van der Waals surface area contributed by atoms with E-state index in [9.17, 15) is 14.3 Å². The van der Waals surface area contributed by atoms with Gasteiger partial charge in [0.2, 0.25) is 5.69 Å². The van der Waals surface area contributed by atoms with Crippen LogP contribution in [0.25, 0.3) is 4.85 Å². The summed E-state index contributed by atoms with van der Waals surface area (Å²) in [6.45, 7) is 10.1. The van der Waals surface area contributed by atoms with Gasteiger partial charge < -0.3 is 10.4 Å². The molecule has 3 rings (SSSR count). The van der Waals surface area contributed by atoms with Crippen molar-refractivity contribution < 1.29 is 14.3 Å². The molecule has 0 aliphatic carbocycles. The molecule has 2 aromatic carbocycles. The summed E-state index contributed by atoms with van der Waals surface area (Å²) in [5.41, 5.74) is -0.879. The third kappa shape index (κ3) is 5.78. The molecule has 30 heavy (non-hydrogen) atoms. The van der Waals surface area contributed by atoms with Crippen molar-refractivity contribution in [2.45, 2.75) is 30.3 Å². The van der Waals surface area contributed by atoms with E-state index < -0.39 is 17.3 Å². The molecule has 0 unspecified atom stereocenters. The fraction of sp³-hybridized carbons (Fsp3) is 0.333. The van der Waals surface area contributed by atoms with E-state index in [1.54, 1.807) is 0 Å². The molecular weight excluding hydrogens is 405 g/mol. The van der Waals surface area contributed by atoms with Crippen LogP contribution < -0.4 is 5.32 Å². The minimum atomic E-state index is -1.67. The number of aliphatic hydroxyl groups is 1. The minimum absolute atomic E-state index is 0.107. The van der Waals surface area contributed by atoms with Crippen LogP contribution in [0.15, 0.2) is 57.7 Å². The molecule has 9 heteroatoms. The molecule has 156 valence electrons. The number of rotatable bonds is 7. The van der Waals surface area contributed by atoms with Gasteiger partial charge in [0.25, 0.3) is 5.91 Å². The average Bonchev–Trinajstić information content (AvgIpc) is 3.25. The Labute approximate surface area is 178 Å². The second-order valence-electron chi connectivity index (χ2n) is 7.14. The fourth-order valence-electron chi connectivity index (χ4n) is 2.74. The van der Waals surface area contributed by atoms with Crippen LogP contribution in [-0.2, 0) is 4.79 Å². The quantitative estimate of drug-likeness (QED) is 0.372. The standard InChI is InChI=1S/C21H22FN5O2S/c1-21(29,20(28)24-16-7-10-19(23-2)18(22)13-16)14-30-17-8-5-15(6-9-17)25-26-27-11-3-4-12-27/h5-10,13,29H,3-4,11-12,14H2,1H3,(H,24,28)/t21-/m0/s1. The predicted octanol–water partition coefficient (Wildman–Crippen LogP) is 4.95. The van der Waals surface area contributed by atoms with Crippen LogP contribution in [0.1, 0.15) is 19.8 Å². The first-order valence-electron chi connectivity index (χ1n) is 9.48. The molecule has 0 spiro atoms. The van der Waals surface area contributed by atoms with E-state index in [0.717, 1.165) is 42.6 Å². The maximum Gasteiger partial charge on any atom is 0.256 e. The van der Waals surface area contributed by atoms with Gasteiger partial charge in [-0.3, -0.25) is 9.80 Å². The van der Waals surface area contributed by atoms with Crippen molar-refractivity contribution in [3.05, 3.63) is 59.7 Å². The number of thioether (sulfide) groups is 1. The molecule has 1 aliphatic heterocycles. The number of nitrogens with zero attached hydrogens (tertiary/aromatic N) is 4. The summed E-state index contributed by atoms with van der Waals surface area (Å²) < 4.78 is 13.7. The molecule has 7 nitrogen and oxygen atoms in total. The lowest BCUT2D eigenvalue weighted by Crippen LogP contribution is -2.42. The summed E-state index contributed by atoms with van der Waals surface area (Å²) in [6.07, 6.45) is 2.28. The van der Waals surface area contributed by atoms with Gasteiger partial charge in [-0.1, -0.05) is 11.3 Å². The van der Waals surface area contributed by atoms with Crippen LogP contribution in [-0.4, -0.2) is 40.5 Å². The van der Waals surface area contributed by atoms with Crippen LogP contribution in [0, 0.1) is 12.4 Å². The van der Waals surface area contributed by atoms with Gasteiger partial charge in [-0.2, -0.15) is 0 Å². The van der Waals surface area contributed by atoms with Crippen molar-refractivity contribution in [3.63, 3.8) is 0 Å². The van der Waals surface area contributed by atoms with Crippen LogP contribution in [0.2, 0.25) is 0 Å². The first-order valence-corrected chi connectivity index (χ1v) is 10.5. The second-order valence-corrected chi connectivity index (χ2v) is 8.19. The summed E-state index contributed by atoms with van der Waals surface area (Å²) in [5.74, 6) is -1.27. The maximum absolute atomic E-state index is 13.7. The van der Waals surface area contributed by atoms with Gasteiger partial charge in [-0.15, -0.1) is 16.9 Å². The first kappa shape index (κ1) is 21.7. The van der Waals surface area contributed by atoms with Crippen LogP contribution in [0.3, 0.4) is 0 Å². The molecule has 1 aliphatic rings. The summed E-state index contributed by atoms with van der Waals surface area (Å²) in [7, 11) is 0. The van der Waals surface area contributed by atoms with Gasteiger partial charge in [0.1, 0.15) is 11.4 Å². The Balaban J connectivity index is 1.54. The predicted molar refractivity (Wildman–Crippen MR) is 114 cm³/mol. The normalized spacial score (nSPS) is 15.7. The van der Waals surface area contributed by atoms with Crippen molar-refractivity contribution in [3.8, 4) is 0 Å². The Morgan fingerprint density at radius 1 is 1.30 bits per heavy atom. The summed E-state index contributed by atoms with van der Waals surface area (Å²) in [5, 5.41) is 23.4. The monoisotopic (exact) mass is 427 g/mol. The number of nitrogens with one attached hydrogen (secondary N) is 1. The average molecular weight is 428 g/mol. The molecule has 0 radical (unpaired) electrons. The van der Waals surface area contributed by atoms with Gasteiger partial charge in [-0.05, 0) is 56.2 Å². The Morgan fingerprint density at radius 3 is 2.63 bits per heavy atom. The van der Waals surface area contributed by atoms with Gasteiger partial charge in [0.15, 0.2) is 0 Å². The second kappa shape index (κ2) is 9.69. The van der Waals surface area contributed by atoms with Crippen LogP contribution >= 0.6 is 11.8 Å². The zero-order valence-corrected chi connectivity index (χ0v) is 17.3. The van der Waals surface area contributed by atoms with Gasteiger partial charge >= 0.3 is 0 Å². The van der Waals surface area contributed by atoms with Crippen molar-refractivity contribution in [2.75, 3.05) is 24.2 Å². The number of carbonyl (C=O) groups excluding carboxylic acids is 1. The highest BCUT2D eigenvalue weighted by Gasteiger charge is 2.30. The van der Waals surface area contributed by atoms with Crippen molar-refractivity contribution >= 4 is 34.7 Å². The van der Waals surface area contributed by atoms with Crippen molar-refractivity contribution in [1.82, 2.24) is 5.01 Å². The molecule has 0 saturated carbocycles. The number of halogens is 1. The number of hydrogen-bond acceptors (Lipinski definition) is 5. The van der Waals surface area contributed by atoms with Gasteiger partial charge in [0.05, 0.1) is 12.3 Å². The molecule has 1 amide bonds. The highest BCUT2D eigenvalue weighted by atomic mass is 32.2.